The number of hydrogen-bond donors (Lipinski definition) is 2. The molecule has 3 N–H and O–H groups in total. The van der Waals surface area contributed by atoms with Crippen molar-refractivity contribution in [2.24, 2.45) is 0 Å². The van der Waals surface area contributed by atoms with Crippen molar-refractivity contribution in [2.75, 3.05) is 11.1 Å². The van der Waals surface area contributed by atoms with Gasteiger partial charge in [-0.2, -0.15) is 15.0 Å². The first-order valence-corrected chi connectivity index (χ1v) is 8.87. The van der Waals surface area contributed by atoms with Crippen LogP contribution >= 0.6 is 11.6 Å². The van der Waals surface area contributed by atoms with Crippen molar-refractivity contribution >= 4 is 35.2 Å². The highest BCUT2D eigenvalue weighted by molar-refractivity contribution is 6.30. The molecule has 0 amide bonds. The van der Waals surface area contributed by atoms with Gasteiger partial charge in [-0.1, -0.05) is 30.6 Å². The maximum absolute atomic E-state index is 12.5. The van der Waals surface area contributed by atoms with E-state index in [1.807, 2.05) is 13.8 Å². The van der Waals surface area contributed by atoms with Gasteiger partial charge in [-0.05, 0) is 31.2 Å². The number of rotatable bonds is 6. The Labute approximate surface area is 166 Å². The van der Waals surface area contributed by atoms with Gasteiger partial charge in [0.25, 0.3) is 0 Å². The maximum atomic E-state index is 12.5. The highest BCUT2D eigenvalue weighted by Crippen LogP contribution is 2.23. The first kappa shape index (κ1) is 19.6. The van der Waals surface area contributed by atoms with Crippen molar-refractivity contribution in [1.82, 2.24) is 20.1 Å². The molecule has 3 rings (SSSR count). The van der Waals surface area contributed by atoms with Crippen molar-refractivity contribution in [2.45, 2.75) is 33.3 Å². The van der Waals surface area contributed by atoms with Crippen LogP contribution in [0.5, 0.6) is 0 Å². The molecule has 0 aliphatic rings. The number of ether oxygens (including phenoxy) is 1. The Morgan fingerprint density at radius 1 is 1.25 bits per heavy atom. The fraction of sp³-hybridized carbons (Fsp3) is 0.278. The molecule has 146 valence electrons. The summed E-state index contributed by atoms with van der Waals surface area (Å²) in [5, 5.41) is 7.44. The molecule has 0 fully saturated rings. The number of nitrogens with two attached hydrogens (primary N) is 1. The molecule has 1 aromatic carbocycles. The minimum absolute atomic E-state index is 0.00143. The fourth-order valence-electron chi connectivity index (χ4n) is 2.45. The van der Waals surface area contributed by atoms with Gasteiger partial charge in [0.05, 0.1) is 5.69 Å². The summed E-state index contributed by atoms with van der Waals surface area (Å²) in [6, 6.07) is 6.99. The molecule has 3 aromatic rings. The zero-order valence-corrected chi connectivity index (χ0v) is 16.3. The van der Waals surface area contributed by atoms with Gasteiger partial charge in [-0.25, -0.2) is 4.79 Å². The van der Waals surface area contributed by atoms with Gasteiger partial charge < -0.3 is 20.3 Å². The van der Waals surface area contributed by atoms with E-state index in [9.17, 15) is 4.79 Å². The van der Waals surface area contributed by atoms with Gasteiger partial charge in [-0.3, -0.25) is 0 Å². The summed E-state index contributed by atoms with van der Waals surface area (Å²) in [4.78, 5) is 24.7. The summed E-state index contributed by atoms with van der Waals surface area (Å²) in [6.07, 6.45) is 0. The third-order valence-corrected chi connectivity index (χ3v) is 4.00. The topological polar surface area (TPSA) is 129 Å². The van der Waals surface area contributed by atoms with Gasteiger partial charge in [0, 0.05) is 16.6 Å². The lowest BCUT2D eigenvalue weighted by Crippen LogP contribution is -2.12. The minimum Gasteiger partial charge on any atom is -0.454 e. The predicted octanol–water partition coefficient (Wildman–Crippen LogP) is 3.63. The molecule has 0 aliphatic heterocycles. The highest BCUT2D eigenvalue weighted by atomic mass is 35.5. The van der Waals surface area contributed by atoms with Crippen molar-refractivity contribution in [1.29, 1.82) is 0 Å². The molecule has 28 heavy (non-hydrogen) atoms. The zero-order valence-electron chi connectivity index (χ0n) is 15.6. The fourth-order valence-corrected chi connectivity index (χ4v) is 2.58. The van der Waals surface area contributed by atoms with Crippen LogP contribution in [0.4, 0.5) is 17.6 Å². The van der Waals surface area contributed by atoms with Gasteiger partial charge in [-0.15, -0.1) is 0 Å². The second kappa shape index (κ2) is 8.22. The van der Waals surface area contributed by atoms with E-state index in [0.29, 0.717) is 22.0 Å². The highest BCUT2D eigenvalue weighted by Gasteiger charge is 2.24. The molecule has 0 bridgehead atoms. The predicted molar refractivity (Wildman–Crippen MR) is 103 cm³/mol. The quantitative estimate of drug-likeness (QED) is 0.593. The van der Waals surface area contributed by atoms with Crippen LogP contribution in [0.3, 0.4) is 0 Å². The number of nitrogens with zero attached hydrogens (tertiary/aromatic N) is 4. The Balaban J connectivity index is 1.72. The largest absolute Gasteiger partial charge is 0.454 e. The Morgan fingerprint density at radius 2 is 1.96 bits per heavy atom. The number of halogens is 1. The molecular formula is C18H19ClN6O3. The first-order chi connectivity index (χ1) is 13.3. The third kappa shape index (κ3) is 4.55. The summed E-state index contributed by atoms with van der Waals surface area (Å²) in [6.45, 7) is 5.31. The third-order valence-electron chi connectivity index (χ3n) is 3.75. The van der Waals surface area contributed by atoms with E-state index in [4.69, 9.17) is 26.6 Å². The van der Waals surface area contributed by atoms with Gasteiger partial charge >= 0.3 is 5.97 Å². The van der Waals surface area contributed by atoms with E-state index in [2.05, 4.69) is 25.4 Å². The lowest BCUT2D eigenvalue weighted by atomic mass is 10.1. The molecule has 10 heteroatoms. The molecule has 0 saturated heterocycles. The van der Waals surface area contributed by atoms with Crippen LogP contribution in [0.2, 0.25) is 5.02 Å². The average molecular weight is 403 g/mol. The monoisotopic (exact) mass is 402 g/mol. The Bertz CT molecular complexity index is 987. The van der Waals surface area contributed by atoms with Gasteiger partial charge in [0.1, 0.15) is 5.56 Å². The molecule has 0 saturated carbocycles. The molecular weight excluding hydrogens is 384 g/mol. The Kier molecular flexibility index (Phi) is 5.74. The van der Waals surface area contributed by atoms with E-state index in [1.165, 1.54) is 0 Å². The number of carbonyl (C=O) groups excluding carboxylic acids is 1. The minimum atomic E-state index is -0.561. The number of aromatic nitrogens is 4. The van der Waals surface area contributed by atoms with Crippen LogP contribution in [-0.2, 0) is 11.3 Å². The van der Waals surface area contributed by atoms with Crippen LogP contribution in [-0.4, -0.2) is 26.1 Å². The summed E-state index contributed by atoms with van der Waals surface area (Å²) in [7, 11) is 0. The SMILES string of the molecule is Cc1noc(C(C)C)c1C(=O)OCc1nc(N)nc(Nc2ccc(Cl)cc2)n1. The van der Waals surface area contributed by atoms with Crippen molar-refractivity contribution in [3.8, 4) is 0 Å². The lowest BCUT2D eigenvalue weighted by Gasteiger charge is -2.09. The van der Waals surface area contributed by atoms with E-state index in [-0.39, 0.29) is 30.2 Å². The number of anilines is 3. The number of hydrogen-bond acceptors (Lipinski definition) is 9. The molecule has 0 aliphatic carbocycles. The molecule has 0 atom stereocenters. The van der Waals surface area contributed by atoms with Crippen molar-refractivity contribution in [3.05, 3.63) is 52.1 Å². The van der Waals surface area contributed by atoms with Crippen molar-refractivity contribution < 1.29 is 14.1 Å². The number of esters is 1. The van der Waals surface area contributed by atoms with E-state index >= 15 is 0 Å². The molecule has 2 heterocycles. The molecule has 0 spiro atoms. The maximum Gasteiger partial charge on any atom is 0.344 e. The summed E-state index contributed by atoms with van der Waals surface area (Å²) < 4.78 is 10.5. The molecule has 2 aromatic heterocycles. The number of carbonyl (C=O) groups is 1. The lowest BCUT2D eigenvalue weighted by molar-refractivity contribution is 0.0458. The number of nitrogens with one attached hydrogen (secondary N) is 1. The normalized spacial score (nSPS) is 10.9. The summed E-state index contributed by atoms with van der Waals surface area (Å²) in [5.41, 5.74) is 7.24. The second-order valence-corrected chi connectivity index (χ2v) is 6.74. The zero-order chi connectivity index (χ0) is 20.3. The van der Waals surface area contributed by atoms with E-state index in [1.54, 1.807) is 31.2 Å². The van der Waals surface area contributed by atoms with Gasteiger partial charge in [0.2, 0.25) is 11.9 Å². The number of benzene rings is 1. The number of nitrogen functional groups attached to an aromatic ring is 1. The van der Waals surface area contributed by atoms with Crippen LogP contribution in [0.25, 0.3) is 0 Å². The first-order valence-electron chi connectivity index (χ1n) is 8.49. The Hall–Kier alpha value is -3.20. The Morgan fingerprint density at radius 3 is 2.64 bits per heavy atom. The average Bonchev–Trinajstić information content (AvgIpc) is 3.03. The molecule has 0 unspecified atom stereocenters. The second-order valence-electron chi connectivity index (χ2n) is 6.30. The van der Waals surface area contributed by atoms with Crippen LogP contribution < -0.4 is 11.1 Å². The van der Waals surface area contributed by atoms with E-state index in [0.717, 1.165) is 5.69 Å². The van der Waals surface area contributed by atoms with E-state index < -0.39 is 5.97 Å². The molecule has 0 radical (unpaired) electrons. The van der Waals surface area contributed by atoms with Crippen LogP contribution in [0.15, 0.2) is 28.8 Å². The van der Waals surface area contributed by atoms with Gasteiger partial charge in [0.15, 0.2) is 18.2 Å². The summed E-state index contributed by atoms with van der Waals surface area (Å²) >= 11 is 5.87. The smallest absolute Gasteiger partial charge is 0.344 e. The molecule has 9 nitrogen and oxygen atoms in total. The number of aryl methyl sites for hydroxylation is 1. The van der Waals surface area contributed by atoms with Crippen LogP contribution in [0, 0.1) is 6.92 Å². The van der Waals surface area contributed by atoms with Crippen molar-refractivity contribution in [3.63, 3.8) is 0 Å². The van der Waals surface area contributed by atoms with Crippen LogP contribution in [0.1, 0.15) is 47.4 Å². The summed E-state index contributed by atoms with van der Waals surface area (Å²) in [5.74, 6) is 0.340. The standard InChI is InChI=1S/C18H19ClN6O3/c1-9(2)15-14(10(3)25-28-15)16(26)27-8-13-22-17(20)24-18(23-13)21-12-6-4-11(19)5-7-12/h4-7,9H,8H2,1-3H3,(H3,20,21,22,23,24).